The van der Waals surface area contributed by atoms with Gasteiger partial charge in [-0.1, -0.05) is 76.5 Å². The molecular formula is C12H10Cl3N3O3S. The van der Waals surface area contributed by atoms with Crippen LogP contribution < -0.4 is 4.90 Å². The van der Waals surface area contributed by atoms with Gasteiger partial charge >= 0.3 is 6.09 Å². The van der Waals surface area contributed by atoms with Crippen molar-refractivity contribution in [3.8, 4) is 10.6 Å². The van der Waals surface area contributed by atoms with E-state index in [4.69, 9.17) is 39.5 Å². The summed E-state index contributed by atoms with van der Waals surface area (Å²) in [5.74, 6) is 0. The standard InChI is InChI=1S/C12H10Cl3N3O3S/c13-12(14,15)6-21-11(20)18(7-19)10-17-16-9(22-10)8-4-2-1-3-5-8/h1-5,19H,6-7H2. The zero-order valence-electron chi connectivity index (χ0n) is 10.9. The molecule has 1 N–H and O–H groups in total. The van der Waals surface area contributed by atoms with Crippen molar-refractivity contribution in [2.45, 2.75) is 3.79 Å². The number of ether oxygens (including phenoxy) is 1. The number of carbonyl (C=O) groups excluding carboxylic acids is 1. The molecule has 22 heavy (non-hydrogen) atoms. The molecule has 2 rings (SSSR count). The topological polar surface area (TPSA) is 75.5 Å². The van der Waals surface area contributed by atoms with E-state index in [-0.39, 0.29) is 5.13 Å². The maximum atomic E-state index is 11.9. The summed E-state index contributed by atoms with van der Waals surface area (Å²) in [6.07, 6.45) is -0.885. The molecule has 0 spiro atoms. The highest BCUT2D eigenvalue weighted by Crippen LogP contribution is 2.30. The van der Waals surface area contributed by atoms with Gasteiger partial charge in [0, 0.05) is 5.56 Å². The van der Waals surface area contributed by atoms with Crippen molar-refractivity contribution in [2.24, 2.45) is 0 Å². The van der Waals surface area contributed by atoms with E-state index in [0.717, 1.165) is 21.8 Å². The van der Waals surface area contributed by atoms with E-state index in [0.29, 0.717) is 5.01 Å². The molecule has 2 aromatic rings. The van der Waals surface area contributed by atoms with E-state index in [2.05, 4.69) is 10.2 Å². The van der Waals surface area contributed by atoms with Crippen LogP contribution in [0.4, 0.5) is 9.93 Å². The Labute approximate surface area is 145 Å². The molecule has 118 valence electrons. The Morgan fingerprint density at radius 1 is 1.27 bits per heavy atom. The van der Waals surface area contributed by atoms with Crippen molar-refractivity contribution >= 4 is 57.4 Å². The minimum atomic E-state index is -1.73. The molecule has 0 unspecified atom stereocenters. The lowest BCUT2D eigenvalue weighted by Gasteiger charge is -2.17. The van der Waals surface area contributed by atoms with Gasteiger partial charge in [-0.2, -0.15) is 0 Å². The Morgan fingerprint density at radius 2 is 1.95 bits per heavy atom. The monoisotopic (exact) mass is 381 g/mol. The van der Waals surface area contributed by atoms with Gasteiger partial charge in [0.25, 0.3) is 0 Å². The number of halogens is 3. The highest BCUT2D eigenvalue weighted by molar-refractivity contribution is 7.18. The summed E-state index contributed by atoms with van der Waals surface area (Å²) >= 11 is 17.6. The molecular weight excluding hydrogens is 373 g/mol. The molecule has 0 saturated carbocycles. The van der Waals surface area contributed by atoms with Crippen molar-refractivity contribution in [1.29, 1.82) is 0 Å². The third-order valence-electron chi connectivity index (χ3n) is 2.39. The molecule has 1 aromatic carbocycles. The first-order chi connectivity index (χ1) is 10.4. The third kappa shape index (κ3) is 4.69. The van der Waals surface area contributed by atoms with Gasteiger partial charge in [0.2, 0.25) is 8.92 Å². The molecule has 0 radical (unpaired) electrons. The van der Waals surface area contributed by atoms with Gasteiger partial charge in [0.1, 0.15) is 18.3 Å². The first-order valence-electron chi connectivity index (χ1n) is 5.91. The number of alkyl halides is 3. The second kappa shape index (κ2) is 7.43. The van der Waals surface area contributed by atoms with Crippen LogP contribution in [-0.4, -0.2) is 38.5 Å². The Hall–Kier alpha value is -1.12. The lowest BCUT2D eigenvalue weighted by Crippen LogP contribution is -2.34. The van der Waals surface area contributed by atoms with Crippen LogP contribution in [0.2, 0.25) is 0 Å². The Bertz CT molecular complexity index is 633. The van der Waals surface area contributed by atoms with Gasteiger partial charge in [0.15, 0.2) is 0 Å². The first kappa shape index (κ1) is 17.2. The molecule has 1 amide bonds. The number of hydrogen-bond acceptors (Lipinski definition) is 6. The molecule has 0 fully saturated rings. The Morgan fingerprint density at radius 3 is 2.55 bits per heavy atom. The molecule has 0 aliphatic rings. The Balaban J connectivity index is 2.12. The molecule has 0 aliphatic carbocycles. The predicted octanol–water partition coefficient (Wildman–Crippen LogP) is 3.47. The van der Waals surface area contributed by atoms with Crippen molar-refractivity contribution < 1.29 is 14.6 Å². The van der Waals surface area contributed by atoms with Crippen LogP contribution in [0.1, 0.15) is 0 Å². The summed E-state index contributed by atoms with van der Waals surface area (Å²) in [5.41, 5.74) is 0.846. The maximum Gasteiger partial charge on any atom is 0.418 e. The third-order valence-corrected chi connectivity index (χ3v) is 3.71. The van der Waals surface area contributed by atoms with Crippen molar-refractivity contribution in [2.75, 3.05) is 18.2 Å². The van der Waals surface area contributed by atoms with Crippen LogP contribution in [0.25, 0.3) is 10.6 Å². The number of hydrogen-bond donors (Lipinski definition) is 1. The van der Waals surface area contributed by atoms with Crippen molar-refractivity contribution in [1.82, 2.24) is 10.2 Å². The minimum Gasteiger partial charge on any atom is -0.445 e. The summed E-state index contributed by atoms with van der Waals surface area (Å²) in [6.45, 7) is -1.08. The van der Waals surface area contributed by atoms with E-state index in [1.54, 1.807) is 0 Å². The highest BCUT2D eigenvalue weighted by Gasteiger charge is 2.26. The zero-order valence-corrected chi connectivity index (χ0v) is 14.0. The van der Waals surface area contributed by atoms with E-state index in [1.165, 1.54) is 0 Å². The fraction of sp³-hybridized carbons (Fsp3) is 0.250. The second-order valence-electron chi connectivity index (χ2n) is 4.00. The Kier molecular flexibility index (Phi) is 5.82. The summed E-state index contributed by atoms with van der Waals surface area (Å²) in [6, 6.07) is 9.30. The van der Waals surface area contributed by atoms with E-state index in [9.17, 15) is 9.90 Å². The SMILES string of the molecule is O=C(OCC(Cl)(Cl)Cl)N(CO)c1nnc(-c2ccccc2)s1. The fourth-order valence-corrected chi connectivity index (χ4v) is 2.44. The lowest BCUT2D eigenvalue weighted by atomic mass is 10.2. The zero-order chi connectivity index (χ0) is 16.2. The first-order valence-corrected chi connectivity index (χ1v) is 7.86. The van der Waals surface area contributed by atoms with E-state index in [1.807, 2.05) is 30.3 Å². The van der Waals surface area contributed by atoms with Crippen LogP contribution in [-0.2, 0) is 4.74 Å². The van der Waals surface area contributed by atoms with Crippen LogP contribution in [0.3, 0.4) is 0 Å². The van der Waals surface area contributed by atoms with Crippen molar-refractivity contribution in [3.63, 3.8) is 0 Å². The smallest absolute Gasteiger partial charge is 0.418 e. The number of nitrogens with zero attached hydrogens (tertiary/aromatic N) is 3. The molecule has 0 atom stereocenters. The summed E-state index contributed by atoms with van der Waals surface area (Å²) in [7, 11) is 0. The average molecular weight is 383 g/mol. The van der Waals surface area contributed by atoms with Gasteiger partial charge in [-0.25, -0.2) is 9.69 Å². The quantitative estimate of drug-likeness (QED) is 0.647. The number of aliphatic hydroxyl groups is 1. The molecule has 0 aliphatic heterocycles. The van der Waals surface area contributed by atoms with Gasteiger partial charge in [-0.3, -0.25) is 0 Å². The van der Waals surface area contributed by atoms with Gasteiger partial charge in [-0.05, 0) is 0 Å². The van der Waals surface area contributed by atoms with Crippen LogP contribution in [0, 0.1) is 0 Å². The number of carbonyl (C=O) groups is 1. The largest absolute Gasteiger partial charge is 0.445 e. The highest BCUT2D eigenvalue weighted by atomic mass is 35.6. The maximum absolute atomic E-state index is 11.9. The van der Waals surface area contributed by atoms with Gasteiger partial charge in [0.05, 0.1) is 0 Å². The van der Waals surface area contributed by atoms with Crippen LogP contribution in [0.15, 0.2) is 30.3 Å². The van der Waals surface area contributed by atoms with Crippen LogP contribution in [0.5, 0.6) is 0 Å². The number of amides is 1. The summed E-state index contributed by atoms with van der Waals surface area (Å²) in [5, 5.41) is 17.9. The van der Waals surface area contributed by atoms with E-state index < -0.39 is 23.2 Å². The normalized spacial score (nSPS) is 11.3. The number of anilines is 1. The van der Waals surface area contributed by atoms with Gasteiger partial charge < -0.3 is 9.84 Å². The number of benzene rings is 1. The number of aliphatic hydroxyl groups excluding tert-OH is 1. The number of rotatable bonds is 4. The van der Waals surface area contributed by atoms with Crippen molar-refractivity contribution in [3.05, 3.63) is 30.3 Å². The molecule has 0 saturated heterocycles. The summed E-state index contributed by atoms with van der Waals surface area (Å²) < 4.78 is 3.07. The van der Waals surface area contributed by atoms with Crippen LogP contribution >= 0.6 is 46.1 Å². The fourth-order valence-electron chi connectivity index (χ4n) is 1.44. The van der Waals surface area contributed by atoms with Gasteiger partial charge in [-0.15, -0.1) is 10.2 Å². The summed E-state index contributed by atoms with van der Waals surface area (Å²) in [4.78, 5) is 12.8. The molecule has 10 heteroatoms. The molecule has 1 aromatic heterocycles. The van der Waals surface area contributed by atoms with E-state index >= 15 is 0 Å². The number of aromatic nitrogens is 2. The predicted molar refractivity (Wildman–Crippen MR) is 86.5 cm³/mol. The second-order valence-corrected chi connectivity index (χ2v) is 7.47. The molecule has 6 nitrogen and oxygen atoms in total. The molecule has 0 bridgehead atoms. The minimum absolute atomic E-state index is 0.177. The average Bonchev–Trinajstić information content (AvgIpc) is 2.96. The lowest BCUT2D eigenvalue weighted by molar-refractivity contribution is 0.147. The molecule has 1 heterocycles.